The maximum absolute atomic E-state index is 5.56. The van der Waals surface area contributed by atoms with E-state index < -0.39 is 0 Å². The molecule has 9 nitrogen and oxygen atoms in total. The molecule has 4 aromatic rings. The number of hydrogen-bond donors (Lipinski definition) is 1. The molecule has 0 bridgehead atoms. The van der Waals surface area contributed by atoms with Crippen molar-refractivity contribution in [2.45, 2.75) is 39.7 Å². The van der Waals surface area contributed by atoms with E-state index in [2.05, 4.69) is 52.7 Å². The molecule has 0 saturated carbocycles. The van der Waals surface area contributed by atoms with Gasteiger partial charge in [0.25, 0.3) is 0 Å². The first kappa shape index (κ1) is 21.8. The number of anilines is 1. The van der Waals surface area contributed by atoms with E-state index in [0.717, 1.165) is 53.7 Å². The van der Waals surface area contributed by atoms with Crippen LogP contribution in [0.4, 0.5) is 5.00 Å². The van der Waals surface area contributed by atoms with Crippen molar-refractivity contribution in [2.24, 2.45) is 0 Å². The average Bonchev–Trinajstić information content (AvgIpc) is 3.56. The van der Waals surface area contributed by atoms with Crippen LogP contribution in [0.3, 0.4) is 0 Å². The number of rotatable bonds is 6. The molecule has 1 atom stereocenters. The number of nitrogens with zero attached hydrogens (tertiary/aromatic N) is 7. The quantitative estimate of drug-likeness (QED) is 0.461. The summed E-state index contributed by atoms with van der Waals surface area (Å²) in [5.41, 5.74) is 4.62. The van der Waals surface area contributed by atoms with Crippen LogP contribution in [0.5, 0.6) is 5.75 Å². The van der Waals surface area contributed by atoms with Crippen molar-refractivity contribution < 1.29 is 4.74 Å². The third kappa shape index (κ3) is 3.87. The lowest BCUT2D eigenvalue weighted by molar-refractivity contribution is 0.240. The second-order valence-electron chi connectivity index (χ2n) is 8.78. The molecule has 4 aromatic heterocycles. The number of nitrogens with one attached hydrogen (secondary N) is 1. The highest BCUT2D eigenvalue weighted by Crippen LogP contribution is 2.40. The lowest BCUT2D eigenvalue weighted by atomic mass is 9.97. The topological polar surface area (TPSA) is 87.5 Å². The van der Waals surface area contributed by atoms with Crippen molar-refractivity contribution in [3.8, 4) is 27.7 Å². The Labute approximate surface area is 197 Å². The monoisotopic (exact) mass is 466 g/mol. The number of hydrogen-bond acceptors (Lipinski definition) is 8. The lowest BCUT2D eigenvalue weighted by Crippen LogP contribution is -2.51. The van der Waals surface area contributed by atoms with E-state index in [1.807, 2.05) is 18.5 Å². The van der Waals surface area contributed by atoms with Crippen LogP contribution in [0.15, 0.2) is 24.8 Å². The molecule has 1 saturated heterocycles. The molecule has 0 radical (unpaired) electrons. The van der Waals surface area contributed by atoms with Crippen molar-refractivity contribution in [2.75, 3.05) is 38.2 Å². The van der Waals surface area contributed by atoms with E-state index in [0.29, 0.717) is 17.4 Å². The second kappa shape index (κ2) is 8.75. The van der Waals surface area contributed by atoms with E-state index >= 15 is 0 Å². The van der Waals surface area contributed by atoms with Crippen LogP contribution in [0, 0.1) is 0 Å². The molecular formula is C23H30N8OS. The van der Waals surface area contributed by atoms with Crippen LogP contribution in [0.1, 0.15) is 39.2 Å². The minimum Gasteiger partial charge on any atom is -0.493 e. The maximum Gasteiger partial charge on any atom is 0.197 e. The summed E-state index contributed by atoms with van der Waals surface area (Å²) in [6.45, 7) is 13.2. The molecule has 1 aliphatic rings. The predicted octanol–water partition coefficient (Wildman–Crippen LogP) is 3.91. The third-order valence-corrected chi connectivity index (χ3v) is 7.42. The van der Waals surface area contributed by atoms with Crippen LogP contribution in [0.25, 0.3) is 27.6 Å². The van der Waals surface area contributed by atoms with Crippen LogP contribution >= 0.6 is 11.3 Å². The summed E-state index contributed by atoms with van der Waals surface area (Å²) in [7, 11) is 1.64. The molecule has 174 valence electrons. The minimum absolute atomic E-state index is 0.255. The Bertz CT molecular complexity index is 1260. The second-order valence-corrected chi connectivity index (χ2v) is 9.79. The number of pyridine rings is 1. The Morgan fingerprint density at radius 1 is 1.27 bits per heavy atom. The van der Waals surface area contributed by atoms with Crippen molar-refractivity contribution in [3.05, 3.63) is 30.4 Å². The summed E-state index contributed by atoms with van der Waals surface area (Å²) >= 11 is 1.73. The number of thiazole rings is 1. The van der Waals surface area contributed by atoms with Gasteiger partial charge in [-0.1, -0.05) is 32.1 Å². The van der Waals surface area contributed by atoms with E-state index in [9.17, 15) is 0 Å². The van der Waals surface area contributed by atoms with Crippen molar-refractivity contribution in [1.82, 2.24) is 34.7 Å². The maximum atomic E-state index is 5.56. The van der Waals surface area contributed by atoms with Crippen LogP contribution < -0.4 is 9.64 Å². The fraction of sp³-hybridized carbons (Fsp3) is 0.478. The average molecular weight is 467 g/mol. The zero-order valence-corrected chi connectivity index (χ0v) is 20.6. The number of aromatic nitrogens is 6. The number of methoxy groups -OCH3 is 1. The first-order valence-electron chi connectivity index (χ1n) is 11.4. The number of fused-ring (bicyclic) bond motifs is 1. The summed E-state index contributed by atoms with van der Waals surface area (Å²) in [6.07, 6.45) is 5.48. The molecule has 1 fully saturated rings. The highest BCUT2D eigenvalue weighted by molar-refractivity contribution is 7.18. The van der Waals surface area contributed by atoms with Crippen molar-refractivity contribution in [1.29, 1.82) is 0 Å². The van der Waals surface area contributed by atoms with Gasteiger partial charge < -0.3 is 9.64 Å². The van der Waals surface area contributed by atoms with Gasteiger partial charge in [-0.15, -0.1) is 0 Å². The number of piperazine rings is 1. The van der Waals surface area contributed by atoms with Gasteiger partial charge in [-0.2, -0.15) is 10.2 Å². The largest absolute Gasteiger partial charge is 0.493 e. The first-order chi connectivity index (χ1) is 16.0. The van der Waals surface area contributed by atoms with E-state index in [1.54, 1.807) is 23.0 Å². The molecule has 5 rings (SSSR count). The molecule has 1 N–H and O–H groups in total. The fourth-order valence-corrected chi connectivity index (χ4v) is 5.69. The number of aromatic amines is 1. The molecule has 0 aromatic carbocycles. The molecule has 0 spiro atoms. The van der Waals surface area contributed by atoms with Gasteiger partial charge in [0.2, 0.25) is 0 Å². The Morgan fingerprint density at radius 2 is 2.12 bits per heavy atom. The van der Waals surface area contributed by atoms with E-state index in [1.165, 1.54) is 11.3 Å². The third-order valence-electron chi connectivity index (χ3n) is 6.37. The highest BCUT2D eigenvalue weighted by atomic mass is 32.1. The summed E-state index contributed by atoms with van der Waals surface area (Å²) < 4.78 is 7.28. The van der Waals surface area contributed by atoms with Gasteiger partial charge >= 0.3 is 0 Å². The molecule has 1 aliphatic heterocycles. The normalized spacial score (nSPS) is 17.4. The summed E-state index contributed by atoms with van der Waals surface area (Å²) in [5.74, 6) is 0.923. The smallest absolute Gasteiger partial charge is 0.197 e. The Balaban J connectivity index is 1.51. The van der Waals surface area contributed by atoms with Gasteiger partial charge in [-0.05, 0) is 25.5 Å². The van der Waals surface area contributed by atoms with Gasteiger partial charge in [0.05, 0.1) is 24.7 Å². The zero-order valence-electron chi connectivity index (χ0n) is 19.7. The number of ether oxygens (including phenoxy) is 1. The van der Waals surface area contributed by atoms with Crippen molar-refractivity contribution in [3.63, 3.8) is 0 Å². The molecule has 5 heterocycles. The number of likely N-dealkylation sites (N-methyl/N-ethyl adjacent to an activating group) is 1. The van der Waals surface area contributed by atoms with Gasteiger partial charge in [0.15, 0.2) is 11.4 Å². The van der Waals surface area contributed by atoms with Gasteiger partial charge in [-0.3, -0.25) is 10.00 Å². The minimum atomic E-state index is 0.255. The summed E-state index contributed by atoms with van der Waals surface area (Å²) in [5, 5.41) is 14.5. The molecule has 10 heteroatoms. The lowest BCUT2D eigenvalue weighted by Gasteiger charge is -2.39. The standard InChI is InChI=1S/C23H30N8OS/c1-6-29-7-8-30(15(4)11-29)18-10-24-23(33-18)21-19(14(2)3)20(27-28-21)16-9-17(32-5)22-25-13-26-31(22)12-16/h9-10,12-15H,6-8,11H2,1-5H3,(H,27,28)/t15-/m0/s1. The Hall–Kier alpha value is -2.98. The first-order valence-corrected chi connectivity index (χ1v) is 12.2. The van der Waals surface area contributed by atoms with Crippen LogP contribution in [-0.2, 0) is 0 Å². The van der Waals surface area contributed by atoms with Crippen LogP contribution in [-0.4, -0.2) is 74.0 Å². The Kier molecular flexibility index (Phi) is 5.79. The molecule has 0 aliphatic carbocycles. The predicted molar refractivity (Wildman–Crippen MR) is 131 cm³/mol. The van der Waals surface area contributed by atoms with E-state index in [4.69, 9.17) is 14.8 Å². The zero-order chi connectivity index (χ0) is 23.1. The molecule has 0 amide bonds. The summed E-state index contributed by atoms with van der Waals surface area (Å²) in [6, 6.07) is 2.44. The highest BCUT2D eigenvalue weighted by Gasteiger charge is 2.27. The van der Waals surface area contributed by atoms with Gasteiger partial charge in [0, 0.05) is 43.0 Å². The molecular weight excluding hydrogens is 436 g/mol. The fourth-order valence-electron chi connectivity index (χ4n) is 4.63. The Morgan fingerprint density at radius 3 is 2.85 bits per heavy atom. The SMILES string of the molecule is CCN1CCN(c2cnc(-c3[nH]nc(-c4cc(OC)c5ncnn5c4)c3C(C)C)s2)[C@@H](C)C1. The van der Waals surface area contributed by atoms with Gasteiger partial charge in [0.1, 0.15) is 16.3 Å². The van der Waals surface area contributed by atoms with Gasteiger partial charge in [-0.25, -0.2) is 14.5 Å². The molecule has 0 unspecified atom stereocenters. The molecule has 33 heavy (non-hydrogen) atoms. The van der Waals surface area contributed by atoms with E-state index in [-0.39, 0.29) is 5.92 Å². The van der Waals surface area contributed by atoms with Crippen LogP contribution in [0.2, 0.25) is 0 Å². The number of H-pyrrole nitrogens is 1. The summed E-state index contributed by atoms with van der Waals surface area (Å²) in [4.78, 5) is 14.1. The van der Waals surface area contributed by atoms with Crippen molar-refractivity contribution >= 4 is 22.0 Å².